The molecule has 4 heteroatoms. The minimum Gasteiger partial charge on any atom is -0.468 e. The van der Waals surface area contributed by atoms with E-state index >= 15 is 0 Å². The number of benzene rings is 1. The molecule has 0 bridgehead atoms. The van der Waals surface area contributed by atoms with Gasteiger partial charge in [0.25, 0.3) is 0 Å². The van der Waals surface area contributed by atoms with Crippen LogP contribution in [0, 0.1) is 0 Å². The Morgan fingerprint density at radius 3 is 2.71 bits per heavy atom. The number of ether oxygens (including phenoxy) is 1. The zero-order chi connectivity index (χ0) is 12.7. The molecule has 0 aliphatic heterocycles. The molecule has 1 rings (SSSR count). The van der Waals surface area contributed by atoms with Crippen LogP contribution in [0.4, 0.5) is 0 Å². The largest absolute Gasteiger partial charge is 0.468 e. The summed E-state index contributed by atoms with van der Waals surface area (Å²) in [6.07, 6.45) is 1.02. The van der Waals surface area contributed by atoms with Gasteiger partial charge in [0.15, 0.2) is 0 Å². The highest BCUT2D eigenvalue weighted by atomic mass is 79.9. The third-order valence-electron chi connectivity index (χ3n) is 2.47. The molecule has 0 amide bonds. The maximum atomic E-state index is 11.3. The first-order chi connectivity index (χ1) is 8.17. The van der Waals surface area contributed by atoms with Crippen molar-refractivity contribution >= 4 is 21.9 Å². The smallest absolute Gasteiger partial charge is 0.319 e. The van der Waals surface area contributed by atoms with Crippen molar-refractivity contribution in [3.8, 4) is 0 Å². The average molecular weight is 300 g/mol. The number of methoxy groups -OCH3 is 1. The Morgan fingerprint density at radius 2 is 2.12 bits per heavy atom. The molecule has 0 spiro atoms. The molecule has 0 heterocycles. The zero-order valence-electron chi connectivity index (χ0n) is 10.3. The van der Waals surface area contributed by atoms with Crippen molar-refractivity contribution in [3.05, 3.63) is 34.3 Å². The van der Waals surface area contributed by atoms with Crippen molar-refractivity contribution in [2.24, 2.45) is 0 Å². The van der Waals surface area contributed by atoms with Gasteiger partial charge in [0.05, 0.1) is 13.7 Å². The standard InChI is InChI=1S/C13H18BrNO2/c1-3-8-15(10-13(16)17-2)9-11-6-4-5-7-12(11)14/h4-7H,3,8-10H2,1-2H3. The third kappa shape index (κ3) is 4.88. The minimum absolute atomic E-state index is 0.189. The van der Waals surface area contributed by atoms with Crippen molar-refractivity contribution in [2.75, 3.05) is 20.2 Å². The molecule has 0 N–H and O–H groups in total. The van der Waals surface area contributed by atoms with Crippen molar-refractivity contribution in [1.82, 2.24) is 4.90 Å². The topological polar surface area (TPSA) is 29.5 Å². The van der Waals surface area contributed by atoms with Crippen LogP contribution in [0.5, 0.6) is 0 Å². The summed E-state index contributed by atoms with van der Waals surface area (Å²) < 4.78 is 5.78. The van der Waals surface area contributed by atoms with E-state index in [1.54, 1.807) is 0 Å². The minimum atomic E-state index is -0.189. The summed E-state index contributed by atoms with van der Waals surface area (Å²) in [5.74, 6) is -0.189. The SMILES string of the molecule is CCCN(CC(=O)OC)Cc1ccccc1Br. The van der Waals surface area contributed by atoms with Gasteiger partial charge in [0.1, 0.15) is 0 Å². The van der Waals surface area contributed by atoms with Gasteiger partial charge in [-0.3, -0.25) is 9.69 Å². The molecule has 0 atom stereocenters. The van der Waals surface area contributed by atoms with Crippen LogP contribution in [0.2, 0.25) is 0 Å². The molecule has 0 aliphatic rings. The summed E-state index contributed by atoms with van der Waals surface area (Å²) in [4.78, 5) is 13.4. The fourth-order valence-electron chi connectivity index (χ4n) is 1.64. The van der Waals surface area contributed by atoms with E-state index in [0.29, 0.717) is 6.54 Å². The van der Waals surface area contributed by atoms with E-state index in [9.17, 15) is 4.79 Å². The molecule has 1 aromatic carbocycles. The summed E-state index contributed by atoms with van der Waals surface area (Å²) in [6, 6.07) is 8.06. The van der Waals surface area contributed by atoms with Crippen LogP contribution < -0.4 is 0 Å². The maximum absolute atomic E-state index is 11.3. The first-order valence-corrected chi connectivity index (χ1v) is 6.49. The number of hydrogen-bond acceptors (Lipinski definition) is 3. The van der Waals surface area contributed by atoms with Crippen LogP contribution >= 0.6 is 15.9 Å². The number of esters is 1. The number of hydrogen-bond donors (Lipinski definition) is 0. The van der Waals surface area contributed by atoms with Crippen LogP contribution in [0.3, 0.4) is 0 Å². The van der Waals surface area contributed by atoms with E-state index < -0.39 is 0 Å². The first-order valence-electron chi connectivity index (χ1n) is 5.70. The molecule has 0 fully saturated rings. The second-order valence-corrected chi connectivity index (χ2v) is 4.73. The van der Waals surface area contributed by atoms with Gasteiger partial charge in [-0.2, -0.15) is 0 Å². The van der Waals surface area contributed by atoms with E-state index in [1.165, 1.54) is 12.7 Å². The van der Waals surface area contributed by atoms with E-state index in [-0.39, 0.29) is 5.97 Å². The predicted octanol–water partition coefficient (Wildman–Crippen LogP) is 2.83. The normalized spacial score (nSPS) is 10.6. The molecular formula is C13H18BrNO2. The monoisotopic (exact) mass is 299 g/mol. The van der Waals surface area contributed by atoms with Gasteiger partial charge in [-0.1, -0.05) is 41.1 Å². The fraction of sp³-hybridized carbons (Fsp3) is 0.462. The number of carbonyl (C=O) groups excluding carboxylic acids is 1. The van der Waals surface area contributed by atoms with Crippen molar-refractivity contribution in [2.45, 2.75) is 19.9 Å². The molecule has 0 saturated carbocycles. The lowest BCUT2D eigenvalue weighted by Crippen LogP contribution is -2.31. The summed E-state index contributed by atoms with van der Waals surface area (Å²) in [7, 11) is 1.42. The maximum Gasteiger partial charge on any atom is 0.319 e. The number of carbonyl (C=O) groups is 1. The van der Waals surface area contributed by atoms with E-state index in [2.05, 4.69) is 33.8 Å². The molecule has 0 saturated heterocycles. The molecular weight excluding hydrogens is 282 g/mol. The van der Waals surface area contributed by atoms with Gasteiger partial charge >= 0.3 is 5.97 Å². The van der Waals surface area contributed by atoms with E-state index in [0.717, 1.165) is 24.0 Å². The van der Waals surface area contributed by atoms with Gasteiger partial charge in [-0.05, 0) is 24.6 Å². The Bertz CT molecular complexity index is 368. The highest BCUT2D eigenvalue weighted by Gasteiger charge is 2.11. The summed E-state index contributed by atoms with van der Waals surface area (Å²) in [5.41, 5.74) is 1.19. The highest BCUT2D eigenvalue weighted by Crippen LogP contribution is 2.17. The fourth-order valence-corrected chi connectivity index (χ4v) is 2.06. The first kappa shape index (κ1) is 14.2. The molecule has 3 nitrogen and oxygen atoms in total. The van der Waals surface area contributed by atoms with Crippen LogP contribution in [-0.4, -0.2) is 31.1 Å². The highest BCUT2D eigenvalue weighted by molar-refractivity contribution is 9.10. The van der Waals surface area contributed by atoms with E-state index in [4.69, 9.17) is 4.74 Å². The Hall–Kier alpha value is -0.870. The Balaban J connectivity index is 2.66. The average Bonchev–Trinajstić information content (AvgIpc) is 2.32. The van der Waals surface area contributed by atoms with Crippen molar-refractivity contribution in [3.63, 3.8) is 0 Å². The van der Waals surface area contributed by atoms with Crippen LogP contribution in [0.25, 0.3) is 0 Å². The van der Waals surface area contributed by atoms with Crippen LogP contribution in [-0.2, 0) is 16.1 Å². The van der Waals surface area contributed by atoms with Crippen molar-refractivity contribution < 1.29 is 9.53 Å². The number of nitrogens with zero attached hydrogens (tertiary/aromatic N) is 1. The summed E-state index contributed by atoms with van der Waals surface area (Å²) in [6.45, 7) is 4.08. The van der Waals surface area contributed by atoms with Gasteiger partial charge in [-0.25, -0.2) is 0 Å². The Labute approximate surface area is 111 Å². The quantitative estimate of drug-likeness (QED) is 0.757. The van der Waals surface area contributed by atoms with Gasteiger partial charge in [0, 0.05) is 11.0 Å². The molecule has 0 aliphatic carbocycles. The predicted molar refractivity (Wildman–Crippen MR) is 71.7 cm³/mol. The van der Waals surface area contributed by atoms with E-state index in [1.807, 2.05) is 18.2 Å². The second kappa shape index (κ2) is 7.45. The Morgan fingerprint density at radius 1 is 1.41 bits per heavy atom. The molecule has 0 unspecified atom stereocenters. The molecule has 94 valence electrons. The van der Waals surface area contributed by atoms with Gasteiger partial charge in [0.2, 0.25) is 0 Å². The molecule has 17 heavy (non-hydrogen) atoms. The summed E-state index contributed by atoms with van der Waals surface area (Å²) in [5, 5.41) is 0. The van der Waals surface area contributed by atoms with Crippen LogP contribution in [0.15, 0.2) is 28.7 Å². The number of rotatable bonds is 6. The molecule has 0 aromatic heterocycles. The van der Waals surface area contributed by atoms with Gasteiger partial charge < -0.3 is 4.74 Å². The van der Waals surface area contributed by atoms with Crippen molar-refractivity contribution in [1.29, 1.82) is 0 Å². The number of halogens is 1. The van der Waals surface area contributed by atoms with Crippen LogP contribution in [0.1, 0.15) is 18.9 Å². The molecule has 1 aromatic rings. The lowest BCUT2D eigenvalue weighted by molar-refractivity contribution is -0.142. The second-order valence-electron chi connectivity index (χ2n) is 3.88. The Kier molecular flexibility index (Phi) is 6.22. The lowest BCUT2D eigenvalue weighted by Gasteiger charge is -2.20. The van der Waals surface area contributed by atoms with Gasteiger partial charge in [-0.15, -0.1) is 0 Å². The zero-order valence-corrected chi connectivity index (χ0v) is 11.9. The lowest BCUT2D eigenvalue weighted by atomic mass is 10.2. The molecule has 0 radical (unpaired) electrons. The summed E-state index contributed by atoms with van der Waals surface area (Å²) >= 11 is 3.52. The third-order valence-corrected chi connectivity index (χ3v) is 3.25.